The summed E-state index contributed by atoms with van der Waals surface area (Å²) in [6, 6.07) is 0.159. The van der Waals surface area contributed by atoms with E-state index in [4.69, 9.17) is 5.73 Å². The van der Waals surface area contributed by atoms with E-state index in [1.54, 1.807) is 0 Å². The molecule has 2 aliphatic carbocycles. The van der Waals surface area contributed by atoms with Crippen molar-refractivity contribution in [3.8, 4) is 0 Å². The quantitative estimate of drug-likeness (QED) is 0.906. The first-order chi connectivity index (χ1) is 8.65. The number of fused-ring (bicyclic) bond motifs is 2. The molecule has 1 aromatic rings. The third kappa shape index (κ3) is 2.21. The molecule has 18 heavy (non-hydrogen) atoms. The van der Waals surface area contributed by atoms with Gasteiger partial charge in [-0.25, -0.2) is 0 Å². The number of hydrogen-bond acceptors (Lipinski definition) is 4. The van der Waals surface area contributed by atoms with E-state index >= 15 is 0 Å². The van der Waals surface area contributed by atoms with Crippen molar-refractivity contribution in [2.45, 2.75) is 57.9 Å². The summed E-state index contributed by atoms with van der Waals surface area (Å²) in [5, 5.41) is 4.25. The van der Waals surface area contributed by atoms with Crippen molar-refractivity contribution in [2.75, 3.05) is 0 Å². The Morgan fingerprint density at radius 1 is 1.33 bits per heavy atom. The van der Waals surface area contributed by atoms with Crippen LogP contribution in [0.15, 0.2) is 0 Å². The normalized spacial score (nSPS) is 32.3. The minimum atomic E-state index is 0.159. The van der Waals surface area contributed by atoms with Crippen molar-refractivity contribution < 1.29 is 0 Å². The van der Waals surface area contributed by atoms with Crippen molar-refractivity contribution in [3.05, 3.63) is 10.6 Å². The molecule has 1 aromatic heterocycles. The fourth-order valence-electron chi connectivity index (χ4n) is 3.96. The van der Waals surface area contributed by atoms with Crippen molar-refractivity contribution in [1.82, 2.24) is 9.59 Å². The topological polar surface area (TPSA) is 51.8 Å². The summed E-state index contributed by atoms with van der Waals surface area (Å²) in [5.41, 5.74) is 7.54. The van der Waals surface area contributed by atoms with Gasteiger partial charge >= 0.3 is 0 Å². The zero-order valence-corrected chi connectivity index (χ0v) is 12.1. The second kappa shape index (κ2) is 4.89. The van der Waals surface area contributed by atoms with Gasteiger partial charge in [-0.3, -0.25) is 0 Å². The number of nitrogens with two attached hydrogens (primary N) is 1. The SMILES string of the molecule is CC(C)c1nnsc1C(N)CC1CC2CCC1C2. The Bertz CT molecular complexity index is 415. The average Bonchev–Trinajstić information content (AvgIpc) is 3.04. The molecule has 1 heterocycles. The lowest BCUT2D eigenvalue weighted by Crippen LogP contribution is -2.19. The van der Waals surface area contributed by atoms with Crippen LogP contribution < -0.4 is 5.73 Å². The minimum Gasteiger partial charge on any atom is -0.323 e. The first-order valence-corrected chi connectivity index (χ1v) is 8.00. The Morgan fingerprint density at radius 2 is 2.17 bits per heavy atom. The summed E-state index contributed by atoms with van der Waals surface area (Å²) in [4.78, 5) is 1.23. The van der Waals surface area contributed by atoms with E-state index in [1.165, 1.54) is 42.1 Å². The van der Waals surface area contributed by atoms with Gasteiger partial charge in [-0.2, -0.15) is 0 Å². The molecule has 0 saturated heterocycles. The molecule has 0 aromatic carbocycles. The molecule has 100 valence electrons. The Morgan fingerprint density at radius 3 is 2.78 bits per heavy atom. The average molecular weight is 265 g/mol. The summed E-state index contributed by atoms with van der Waals surface area (Å²) < 4.78 is 4.10. The van der Waals surface area contributed by atoms with Gasteiger partial charge in [0.1, 0.15) is 0 Å². The molecular weight excluding hydrogens is 242 g/mol. The second-order valence-electron chi connectivity index (χ2n) is 6.45. The number of rotatable bonds is 4. The standard InChI is InChI=1S/C14H23N3S/c1-8(2)13-14(18-17-16-13)12(15)7-11-6-9-3-4-10(11)5-9/h8-12H,3-7,15H2,1-2H3. The molecule has 3 nitrogen and oxygen atoms in total. The van der Waals surface area contributed by atoms with Crippen LogP contribution in [-0.2, 0) is 0 Å². The highest BCUT2D eigenvalue weighted by atomic mass is 32.1. The van der Waals surface area contributed by atoms with Gasteiger partial charge in [-0.1, -0.05) is 24.8 Å². The highest BCUT2D eigenvalue weighted by Crippen LogP contribution is 2.51. The monoisotopic (exact) mass is 265 g/mol. The third-order valence-corrected chi connectivity index (χ3v) is 5.74. The second-order valence-corrected chi connectivity index (χ2v) is 7.24. The van der Waals surface area contributed by atoms with Crippen LogP contribution >= 0.6 is 11.5 Å². The Labute approximate surface area is 113 Å². The van der Waals surface area contributed by atoms with Gasteiger partial charge in [0.05, 0.1) is 10.6 Å². The van der Waals surface area contributed by atoms with E-state index in [9.17, 15) is 0 Å². The van der Waals surface area contributed by atoms with E-state index in [2.05, 4.69) is 23.4 Å². The van der Waals surface area contributed by atoms with Gasteiger partial charge < -0.3 is 5.73 Å². The number of nitrogens with zero attached hydrogens (tertiary/aromatic N) is 2. The lowest BCUT2D eigenvalue weighted by atomic mass is 9.84. The van der Waals surface area contributed by atoms with Gasteiger partial charge in [0, 0.05) is 6.04 Å². The fraction of sp³-hybridized carbons (Fsp3) is 0.857. The number of aromatic nitrogens is 2. The van der Waals surface area contributed by atoms with Crippen LogP contribution in [0.3, 0.4) is 0 Å². The summed E-state index contributed by atoms with van der Waals surface area (Å²) in [5.74, 6) is 3.27. The third-order valence-electron chi connectivity index (χ3n) is 4.87. The molecule has 4 atom stereocenters. The largest absolute Gasteiger partial charge is 0.323 e. The first-order valence-electron chi connectivity index (χ1n) is 7.23. The maximum absolute atomic E-state index is 6.42. The fourth-order valence-corrected chi connectivity index (χ4v) is 4.78. The Hall–Kier alpha value is -0.480. The minimum absolute atomic E-state index is 0.159. The molecule has 0 aliphatic heterocycles. The molecule has 0 amide bonds. The van der Waals surface area contributed by atoms with Gasteiger partial charge in [-0.05, 0) is 60.9 Å². The van der Waals surface area contributed by atoms with E-state index in [0.717, 1.165) is 29.9 Å². The molecule has 0 radical (unpaired) electrons. The molecule has 2 fully saturated rings. The van der Waals surface area contributed by atoms with Crippen LogP contribution in [0, 0.1) is 17.8 Å². The van der Waals surface area contributed by atoms with Gasteiger partial charge in [0.15, 0.2) is 0 Å². The zero-order chi connectivity index (χ0) is 12.7. The molecule has 3 rings (SSSR count). The molecular formula is C14H23N3S. The summed E-state index contributed by atoms with van der Waals surface area (Å²) in [7, 11) is 0. The van der Waals surface area contributed by atoms with Crippen molar-refractivity contribution in [1.29, 1.82) is 0 Å². The molecule has 2 N–H and O–H groups in total. The van der Waals surface area contributed by atoms with Crippen LogP contribution in [-0.4, -0.2) is 9.59 Å². The highest BCUT2D eigenvalue weighted by molar-refractivity contribution is 7.05. The maximum atomic E-state index is 6.42. The van der Waals surface area contributed by atoms with Crippen molar-refractivity contribution >= 4 is 11.5 Å². The van der Waals surface area contributed by atoms with Crippen LogP contribution in [0.1, 0.15) is 68.5 Å². The lowest BCUT2D eigenvalue weighted by Gasteiger charge is -2.24. The molecule has 2 saturated carbocycles. The smallest absolute Gasteiger partial charge is 0.0828 e. The Kier molecular flexibility index (Phi) is 3.41. The maximum Gasteiger partial charge on any atom is 0.0828 e. The van der Waals surface area contributed by atoms with Crippen molar-refractivity contribution in [2.24, 2.45) is 23.5 Å². The molecule has 0 spiro atoms. The zero-order valence-electron chi connectivity index (χ0n) is 11.3. The molecule has 4 unspecified atom stereocenters. The highest BCUT2D eigenvalue weighted by Gasteiger charge is 2.40. The Balaban J connectivity index is 1.67. The van der Waals surface area contributed by atoms with Gasteiger partial charge in [0.2, 0.25) is 0 Å². The van der Waals surface area contributed by atoms with E-state index in [1.807, 2.05) is 0 Å². The van der Waals surface area contributed by atoms with E-state index in [-0.39, 0.29) is 6.04 Å². The predicted molar refractivity (Wildman–Crippen MR) is 74.5 cm³/mol. The van der Waals surface area contributed by atoms with Crippen LogP contribution in [0.5, 0.6) is 0 Å². The summed E-state index contributed by atoms with van der Waals surface area (Å²) in [6.07, 6.45) is 6.94. The predicted octanol–water partition coefficient (Wildman–Crippen LogP) is 3.49. The lowest BCUT2D eigenvalue weighted by molar-refractivity contribution is 0.296. The summed E-state index contributed by atoms with van der Waals surface area (Å²) >= 11 is 1.50. The molecule has 2 aliphatic rings. The van der Waals surface area contributed by atoms with Crippen LogP contribution in [0.4, 0.5) is 0 Å². The van der Waals surface area contributed by atoms with Crippen LogP contribution in [0.25, 0.3) is 0 Å². The van der Waals surface area contributed by atoms with E-state index < -0.39 is 0 Å². The molecule has 4 heteroatoms. The van der Waals surface area contributed by atoms with E-state index in [0.29, 0.717) is 5.92 Å². The van der Waals surface area contributed by atoms with Crippen LogP contribution in [0.2, 0.25) is 0 Å². The van der Waals surface area contributed by atoms with Gasteiger partial charge in [0.25, 0.3) is 0 Å². The summed E-state index contributed by atoms with van der Waals surface area (Å²) in [6.45, 7) is 4.34. The van der Waals surface area contributed by atoms with Crippen molar-refractivity contribution in [3.63, 3.8) is 0 Å². The first kappa shape index (κ1) is 12.5. The molecule has 2 bridgehead atoms. The number of hydrogen-bond donors (Lipinski definition) is 1. The van der Waals surface area contributed by atoms with Gasteiger partial charge in [-0.15, -0.1) is 5.10 Å².